The molecule has 6 heteroatoms. The first-order chi connectivity index (χ1) is 8.79. The zero-order chi connectivity index (χ0) is 12.4. The van der Waals surface area contributed by atoms with Crippen molar-refractivity contribution in [1.82, 2.24) is 15.3 Å². The zero-order valence-corrected chi connectivity index (χ0v) is 10.6. The van der Waals surface area contributed by atoms with Gasteiger partial charge in [-0.3, -0.25) is 0 Å². The highest BCUT2D eigenvalue weighted by atomic mass is 32.1. The molecule has 0 saturated carbocycles. The Morgan fingerprint density at radius 2 is 2.17 bits per heavy atom. The van der Waals surface area contributed by atoms with Crippen molar-refractivity contribution in [3.8, 4) is 0 Å². The van der Waals surface area contributed by atoms with Crippen LogP contribution in [0.2, 0.25) is 0 Å². The van der Waals surface area contributed by atoms with E-state index in [2.05, 4.69) is 21.4 Å². The molecule has 3 aromatic heterocycles. The first kappa shape index (κ1) is 11.2. The molecule has 92 valence electrons. The molecule has 0 atom stereocenters. The topological polar surface area (TPSA) is 65.0 Å². The van der Waals surface area contributed by atoms with Gasteiger partial charge in [-0.05, 0) is 18.4 Å². The number of hydrogen-bond donors (Lipinski definition) is 0. The number of nitrogens with zero attached hydrogens (tertiary/aromatic N) is 3. The summed E-state index contributed by atoms with van der Waals surface area (Å²) in [5.41, 5.74) is 0.850. The second-order valence-electron chi connectivity index (χ2n) is 3.97. The van der Waals surface area contributed by atoms with Gasteiger partial charge < -0.3 is 9.05 Å². The summed E-state index contributed by atoms with van der Waals surface area (Å²) in [6.07, 6.45) is 1.19. The van der Waals surface area contributed by atoms with Crippen LogP contribution < -0.4 is 0 Å². The fourth-order valence-corrected chi connectivity index (χ4v) is 2.35. The van der Waals surface area contributed by atoms with Gasteiger partial charge in [0, 0.05) is 17.4 Å². The van der Waals surface area contributed by atoms with Crippen LogP contribution in [-0.4, -0.2) is 15.3 Å². The third-order valence-electron chi connectivity index (χ3n) is 2.42. The van der Waals surface area contributed by atoms with Crippen molar-refractivity contribution in [3.63, 3.8) is 0 Å². The molecule has 0 spiro atoms. The Morgan fingerprint density at radius 3 is 2.89 bits per heavy atom. The lowest BCUT2D eigenvalue weighted by Crippen LogP contribution is -1.89. The average Bonchev–Trinajstić information content (AvgIpc) is 3.04. The van der Waals surface area contributed by atoms with Crippen LogP contribution in [0.15, 0.2) is 32.6 Å². The maximum Gasteiger partial charge on any atom is 0.234 e. The van der Waals surface area contributed by atoms with Crippen LogP contribution in [0.25, 0.3) is 0 Å². The van der Waals surface area contributed by atoms with Gasteiger partial charge in [-0.2, -0.15) is 4.98 Å². The maximum absolute atomic E-state index is 5.18. The second kappa shape index (κ2) is 4.73. The summed E-state index contributed by atoms with van der Waals surface area (Å²) in [4.78, 5) is 5.55. The number of thiophene rings is 1. The normalized spacial score (nSPS) is 10.9. The lowest BCUT2D eigenvalue weighted by molar-refractivity contribution is 0.348. The van der Waals surface area contributed by atoms with Crippen LogP contribution in [0.1, 0.15) is 28.0 Å². The van der Waals surface area contributed by atoms with Crippen molar-refractivity contribution < 1.29 is 9.05 Å². The van der Waals surface area contributed by atoms with Crippen molar-refractivity contribution in [3.05, 3.63) is 51.6 Å². The van der Waals surface area contributed by atoms with E-state index in [-0.39, 0.29) is 0 Å². The monoisotopic (exact) mass is 261 g/mol. The van der Waals surface area contributed by atoms with Crippen LogP contribution in [-0.2, 0) is 12.8 Å². The molecule has 0 N–H and O–H groups in total. The van der Waals surface area contributed by atoms with Gasteiger partial charge in [-0.25, -0.2) is 0 Å². The molecule has 3 rings (SSSR count). The van der Waals surface area contributed by atoms with Crippen molar-refractivity contribution in [2.24, 2.45) is 0 Å². The van der Waals surface area contributed by atoms with Gasteiger partial charge in [0.25, 0.3) is 0 Å². The summed E-state index contributed by atoms with van der Waals surface area (Å²) in [5, 5.41) is 9.81. The number of rotatable bonds is 4. The molecule has 18 heavy (non-hydrogen) atoms. The largest absolute Gasteiger partial charge is 0.361 e. The number of aromatic nitrogens is 3. The smallest absolute Gasteiger partial charge is 0.234 e. The summed E-state index contributed by atoms with van der Waals surface area (Å²) in [7, 11) is 0. The first-order valence-corrected chi connectivity index (χ1v) is 6.43. The average molecular weight is 261 g/mol. The minimum atomic E-state index is 0.484. The standard InChI is InChI=1S/C12H11N3O2S/c1-8-5-9(16-14-8)6-12-13-11(15-17-12)7-10-3-2-4-18-10/h2-5H,6-7H2,1H3. The molecule has 0 fully saturated rings. The van der Waals surface area contributed by atoms with Gasteiger partial charge in [0.05, 0.1) is 12.1 Å². The Balaban J connectivity index is 1.69. The molecule has 0 bridgehead atoms. The third-order valence-corrected chi connectivity index (χ3v) is 3.30. The SMILES string of the molecule is Cc1cc(Cc2nc(Cc3cccs3)no2)on1. The van der Waals surface area contributed by atoms with E-state index in [0.717, 1.165) is 11.5 Å². The highest BCUT2D eigenvalue weighted by Gasteiger charge is 2.11. The van der Waals surface area contributed by atoms with E-state index >= 15 is 0 Å². The van der Waals surface area contributed by atoms with E-state index in [9.17, 15) is 0 Å². The first-order valence-electron chi connectivity index (χ1n) is 5.55. The molecule has 0 saturated heterocycles. The molecule has 3 heterocycles. The summed E-state index contributed by atoms with van der Waals surface area (Å²) in [5.74, 6) is 1.99. The molecule has 0 amide bonds. The molecule has 3 aromatic rings. The van der Waals surface area contributed by atoms with Crippen LogP contribution in [0.5, 0.6) is 0 Å². The molecule has 0 aliphatic heterocycles. The molecule has 0 unspecified atom stereocenters. The van der Waals surface area contributed by atoms with Gasteiger partial charge in [0.2, 0.25) is 5.89 Å². The lowest BCUT2D eigenvalue weighted by Gasteiger charge is -1.88. The van der Waals surface area contributed by atoms with Crippen molar-refractivity contribution >= 4 is 11.3 Å². The summed E-state index contributed by atoms with van der Waals surface area (Å²) < 4.78 is 10.3. The number of hydrogen-bond acceptors (Lipinski definition) is 6. The van der Waals surface area contributed by atoms with Crippen molar-refractivity contribution in [1.29, 1.82) is 0 Å². The van der Waals surface area contributed by atoms with Gasteiger partial charge in [-0.1, -0.05) is 16.4 Å². The predicted octanol–water partition coefficient (Wildman–Crippen LogP) is 2.61. The molecule has 0 aliphatic carbocycles. The van der Waals surface area contributed by atoms with Crippen LogP contribution in [0.3, 0.4) is 0 Å². The Bertz CT molecular complexity index is 627. The van der Waals surface area contributed by atoms with Gasteiger partial charge in [0.15, 0.2) is 5.82 Å². The summed E-state index contributed by atoms with van der Waals surface area (Å²) >= 11 is 1.68. The van der Waals surface area contributed by atoms with Crippen LogP contribution in [0.4, 0.5) is 0 Å². The fourth-order valence-electron chi connectivity index (χ4n) is 1.65. The van der Waals surface area contributed by atoms with Crippen LogP contribution >= 0.6 is 11.3 Å². The quantitative estimate of drug-likeness (QED) is 0.722. The Hall–Kier alpha value is -1.95. The highest BCUT2D eigenvalue weighted by molar-refractivity contribution is 7.09. The Morgan fingerprint density at radius 1 is 1.22 bits per heavy atom. The van der Waals surface area contributed by atoms with Gasteiger partial charge in [0.1, 0.15) is 5.76 Å². The zero-order valence-electron chi connectivity index (χ0n) is 9.79. The predicted molar refractivity (Wildman–Crippen MR) is 65.5 cm³/mol. The van der Waals surface area contributed by atoms with Crippen molar-refractivity contribution in [2.45, 2.75) is 19.8 Å². The molecular weight excluding hydrogens is 250 g/mol. The lowest BCUT2D eigenvalue weighted by atomic mass is 10.3. The maximum atomic E-state index is 5.18. The van der Waals surface area contributed by atoms with Crippen molar-refractivity contribution in [2.75, 3.05) is 0 Å². The van der Waals surface area contributed by atoms with E-state index < -0.39 is 0 Å². The third kappa shape index (κ3) is 2.48. The molecule has 0 aromatic carbocycles. The second-order valence-corrected chi connectivity index (χ2v) is 5.00. The highest BCUT2D eigenvalue weighted by Crippen LogP contribution is 2.14. The fraction of sp³-hybridized carbons (Fsp3) is 0.250. The molecule has 0 aliphatic rings. The molecule has 5 nitrogen and oxygen atoms in total. The van der Waals surface area contributed by atoms with Gasteiger partial charge in [-0.15, -0.1) is 11.3 Å². The Labute approximate surface area is 107 Å². The summed E-state index contributed by atoms with van der Waals surface area (Å²) in [6.45, 7) is 1.88. The van der Waals surface area contributed by atoms with E-state index in [1.807, 2.05) is 24.4 Å². The summed E-state index contributed by atoms with van der Waals surface area (Å²) in [6, 6.07) is 5.93. The van der Waals surface area contributed by atoms with E-state index in [0.29, 0.717) is 24.6 Å². The van der Waals surface area contributed by atoms with E-state index in [1.54, 1.807) is 11.3 Å². The van der Waals surface area contributed by atoms with E-state index in [4.69, 9.17) is 9.05 Å². The van der Waals surface area contributed by atoms with E-state index in [1.165, 1.54) is 4.88 Å². The number of aryl methyl sites for hydroxylation is 1. The molecule has 0 radical (unpaired) electrons. The van der Waals surface area contributed by atoms with Gasteiger partial charge >= 0.3 is 0 Å². The molecular formula is C12H11N3O2S. The minimum absolute atomic E-state index is 0.484. The minimum Gasteiger partial charge on any atom is -0.361 e. The van der Waals surface area contributed by atoms with Crippen LogP contribution in [0, 0.1) is 6.92 Å². The Kier molecular flexibility index (Phi) is 2.93.